The second-order valence-corrected chi connectivity index (χ2v) is 2.69. The minimum atomic E-state index is -0.864. The van der Waals surface area contributed by atoms with Crippen LogP contribution in [0.5, 0.6) is 0 Å². The normalized spacial score (nSPS) is 10.6. The van der Waals surface area contributed by atoms with E-state index in [0.717, 1.165) is 6.20 Å². The van der Waals surface area contributed by atoms with Gasteiger partial charge in [-0.05, 0) is 0 Å². The Bertz CT molecular complexity index is 305. The summed E-state index contributed by atoms with van der Waals surface area (Å²) in [5.74, 6) is -1.84. The third kappa shape index (κ3) is 2.61. The van der Waals surface area contributed by atoms with Crippen LogP contribution >= 0.6 is 0 Å². The molecule has 1 rings (SSSR count). The summed E-state index contributed by atoms with van der Waals surface area (Å²) >= 11 is 0. The topological polar surface area (TPSA) is 65.4 Å². The summed E-state index contributed by atoms with van der Waals surface area (Å²) in [5.41, 5.74) is 0. The summed E-state index contributed by atoms with van der Waals surface area (Å²) in [5, 5.41) is 19.8. The average molecular weight is 204 g/mol. The lowest BCUT2D eigenvalue weighted by molar-refractivity contribution is 0.203. The molecular weight excluding hydrogens is 194 g/mol. The highest BCUT2D eigenvalue weighted by Crippen LogP contribution is 2.11. The molecule has 0 aliphatic carbocycles. The molecule has 1 heterocycles. The van der Waals surface area contributed by atoms with E-state index in [9.17, 15) is 8.78 Å². The van der Waals surface area contributed by atoms with Gasteiger partial charge in [0.15, 0.2) is 11.6 Å². The Hall–Kier alpha value is -1.27. The van der Waals surface area contributed by atoms with Crippen LogP contribution in [0.1, 0.15) is 0 Å². The van der Waals surface area contributed by atoms with Gasteiger partial charge in [0.1, 0.15) is 5.82 Å². The number of hydrogen-bond acceptors (Lipinski definition) is 4. The molecule has 1 aromatic heterocycles. The minimum Gasteiger partial charge on any atom is -0.394 e. The first kappa shape index (κ1) is 10.8. The molecular formula is C8H10F2N2O2. The second kappa shape index (κ2) is 4.83. The molecule has 0 aliphatic heterocycles. The van der Waals surface area contributed by atoms with E-state index < -0.39 is 17.7 Å². The minimum absolute atomic E-state index is 0.195. The second-order valence-electron chi connectivity index (χ2n) is 2.69. The average Bonchev–Trinajstić information content (AvgIpc) is 2.17. The quantitative estimate of drug-likeness (QED) is 0.652. The number of halogens is 2. The molecule has 78 valence electrons. The highest BCUT2D eigenvalue weighted by Gasteiger charge is 2.10. The van der Waals surface area contributed by atoms with Gasteiger partial charge in [0.25, 0.3) is 0 Å². The Labute approximate surface area is 79.2 Å². The maximum Gasteiger partial charge on any atom is 0.168 e. The molecule has 0 fully saturated rings. The summed E-state index contributed by atoms with van der Waals surface area (Å²) in [4.78, 5) is 3.43. The SMILES string of the molecule is OCC(CO)Nc1ncc(F)cc1F. The van der Waals surface area contributed by atoms with Crippen LogP contribution in [0.4, 0.5) is 14.6 Å². The molecule has 0 aromatic carbocycles. The Kier molecular flexibility index (Phi) is 3.73. The number of rotatable bonds is 4. The zero-order valence-corrected chi connectivity index (χ0v) is 7.24. The van der Waals surface area contributed by atoms with Gasteiger partial charge in [0.2, 0.25) is 0 Å². The highest BCUT2D eigenvalue weighted by atomic mass is 19.1. The zero-order valence-electron chi connectivity index (χ0n) is 7.24. The molecule has 14 heavy (non-hydrogen) atoms. The molecule has 0 unspecified atom stereocenters. The monoisotopic (exact) mass is 204 g/mol. The van der Waals surface area contributed by atoms with Gasteiger partial charge in [-0.25, -0.2) is 13.8 Å². The number of anilines is 1. The van der Waals surface area contributed by atoms with Crippen molar-refractivity contribution in [3.8, 4) is 0 Å². The van der Waals surface area contributed by atoms with Crippen molar-refractivity contribution >= 4 is 5.82 Å². The van der Waals surface area contributed by atoms with Gasteiger partial charge in [-0.15, -0.1) is 0 Å². The van der Waals surface area contributed by atoms with Crippen LogP contribution in [0, 0.1) is 11.6 Å². The summed E-state index contributed by atoms with van der Waals surface area (Å²) in [6.45, 7) is -0.732. The van der Waals surface area contributed by atoms with E-state index in [1.807, 2.05) is 0 Å². The van der Waals surface area contributed by atoms with E-state index in [1.165, 1.54) is 0 Å². The molecule has 1 aromatic rings. The van der Waals surface area contributed by atoms with Gasteiger partial charge < -0.3 is 15.5 Å². The molecule has 0 radical (unpaired) electrons. The molecule has 0 atom stereocenters. The molecule has 6 heteroatoms. The van der Waals surface area contributed by atoms with Crippen LogP contribution in [-0.2, 0) is 0 Å². The van der Waals surface area contributed by atoms with Gasteiger partial charge >= 0.3 is 0 Å². The van der Waals surface area contributed by atoms with Gasteiger partial charge in [-0.1, -0.05) is 0 Å². The van der Waals surface area contributed by atoms with E-state index in [-0.39, 0.29) is 19.0 Å². The van der Waals surface area contributed by atoms with Crippen molar-refractivity contribution in [2.24, 2.45) is 0 Å². The first-order valence-electron chi connectivity index (χ1n) is 3.96. The first-order chi connectivity index (χ1) is 6.67. The van der Waals surface area contributed by atoms with Crippen molar-refractivity contribution in [2.45, 2.75) is 6.04 Å². The van der Waals surface area contributed by atoms with Crippen molar-refractivity contribution in [3.63, 3.8) is 0 Å². The Morgan fingerprint density at radius 2 is 2.00 bits per heavy atom. The van der Waals surface area contributed by atoms with E-state index in [1.54, 1.807) is 0 Å². The fourth-order valence-corrected chi connectivity index (χ4v) is 0.863. The molecule has 4 nitrogen and oxygen atoms in total. The lowest BCUT2D eigenvalue weighted by Gasteiger charge is -2.13. The number of hydrogen-bond donors (Lipinski definition) is 3. The van der Waals surface area contributed by atoms with Crippen LogP contribution in [0.25, 0.3) is 0 Å². The number of nitrogens with one attached hydrogen (secondary N) is 1. The number of aliphatic hydroxyl groups excluding tert-OH is 2. The third-order valence-corrected chi connectivity index (χ3v) is 1.59. The summed E-state index contributed by atoms with van der Waals surface area (Å²) < 4.78 is 25.4. The van der Waals surface area contributed by atoms with Crippen molar-refractivity contribution in [1.29, 1.82) is 0 Å². The maximum atomic E-state index is 13.0. The Morgan fingerprint density at radius 3 is 2.50 bits per heavy atom. The first-order valence-corrected chi connectivity index (χ1v) is 3.96. The van der Waals surface area contributed by atoms with Crippen LogP contribution in [0.2, 0.25) is 0 Å². The van der Waals surface area contributed by atoms with E-state index >= 15 is 0 Å². The fraction of sp³-hybridized carbons (Fsp3) is 0.375. The molecule has 0 amide bonds. The van der Waals surface area contributed by atoms with Gasteiger partial charge in [0.05, 0.1) is 25.5 Å². The summed E-state index contributed by atoms with van der Waals surface area (Å²) in [7, 11) is 0. The van der Waals surface area contributed by atoms with E-state index in [0.29, 0.717) is 6.07 Å². The van der Waals surface area contributed by atoms with Gasteiger partial charge in [-0.3, -0.25) is 0 Å². The van der Waals surface area contributed by atoms with Crippen LogP contribution < -0.4 is 5.32 Å². The predicted octanol–water partition coefficient (Wildman–Crippen LogP) is 0.125. The lowest BCUT2D eigenvalue weighted by Crippen LogP contribution is -2.28. The van der Waals surface area contributed by atoms with Crippen LogP contribution in [-0.4, -0.2) is 34.5 Å². The summed E-state index contributed by atoms with van der Waals surface area (Å²) in [6.07, 6.45) is 0.844. The number of aromatic nitrogens is 1. The van der Waals surface area contributed by atoms with Gasteiger partial charge in [0, 0.05) is 6.07 Å². The van der Waals surface area contributed by atoms with Crippen molar-refractivity contribution in [1.82, 2.24) is 4.98 Å². The molecule has 0 saturated carbocycles. The van der Waals surface area contributed by atoms with Crippen LogP contribution in [0.3, 0.4) is 0 Å². The number of pyridine rings is 1. The molecule has 3 N–H and O–H groups in total. The maximum absolute atomic E-state index is 13.0. The zero-order chi connectivity index (χ0) is 10.6. The fourth-order valence-electron chi connectivity index (χ4n) is 0.863. The molecule has 0 spiro atoms. The van der Waals surface area contributed by atoms with Crippen LogP contribution in [0.15, 0.2) is 12.3 Å². The van der Waals surface area contributed by atoms with E-state index in [2.05, 4.69) is 10.3 Å². The predicted molar refractivity (Wildman–Crippen MR) is 45.7 cm³/mol. The molecule has 0 aliphatic rings. The standard InChI is InChI=1S/C8H10F2N2O2/c9-5-1-7(10)8(11-2-5)12-6(3-13)4-14/h1-2,6,13-14H,3-4H2,(H,11,12). The highest BCUT2D eigenvalue weighted by molar-refractivity contribution is 5.36. The van der Waals surface area contributed by atoms with Crippen molar-refractivity contribution in [2.75, 3.05) is 18.5 Å². The van der Waals surface area contributed by atoms with E-state index in [4.69, 9.17) is 10.2 Å². The molecule has 0 saturated heterocycles. The number of nitrogens with zero attached hydrogens (tertiary/aromatic N) is 1. The van der Waals surface area contributed by atoms with Gasteiger partial charge in [-0.2, -0.15) is 0 Å². The summed E-state index contributed by atoms with van der Waals surface area (Å²) in [6, 6.07) is -0.0383. The third-order valence-electron chi connectivity index (χ3n) is 1.59. The largest absolute Gasteiger partial charge is 0.394 e. The smallest absolute Gasteiger partial charge is 0.168 e. The number of aliphatic hydroxyl groups is 2. The Morgan fingerprint density at radius 1 is 1.36 bits per heavy atom. The molecule has 0 bridgehead atoms. The van der Waals surface area contributed by atoms with Crippen molar-refractivity contribution < 1.29 is 19.0 Å². The van der Waals surface area contributed by atoms with Crippen molar-refractivity contribution in [3.05, 3.63) is 23.9 Å². The lowest BCUT2D eigenvalue weighted by atomic mass is 10.3. The Balaban J connectivity index is 2.76.